The second-order valence-electron chi connectivity index (χ2n) is 3.72. The van der Waals surface area contributed by atoms with Crippen LogP contribution in [0.4, 0.5) is 0 Å². The number of esters is 2. The Hall–Kier alpha value is -1.63. The second kappa shape index (κ2) is 10.3. The van der Waals surface area contributed by atoms with E-state index in [-0.39, 0.29) is 0 Å². The molecule has 0 bridgehead atoms. The van der Waals surface area contributed by atoms with Gasteiger partial charge in [0.1, 0.15) is 13.2 Å². The lowest BCUT2D eigenvalue weighted by atomic mass is 10.4. The first kappa shape index (κ1) is 17.4. The Kier molecular flexibility index (Phi) is 9.42. The quantitative estimate of drug-likeness (QED) is 0.381. The van der Waals surface area contributed by atoms with Gasteiger partial charge >= 0.3 is 11.9 Å². The second-order valence-corrected chi connectivity index (χ2v) is 4.95. The van der Waals surface area contributed by atoms with Crippen LogP contribution in [0, 0.1) is 0 Å². The molecule has 0 atom stereocenters. The van der Waals surface area contributed by atoms with Crippen LogP contribution in [0.25, 0.3) is 0 Å². The number of carbonyl (C=O) groups is 2. The summed E-state index contributed by atoms with van der Waals surface area (Å²) in [5.41, 5.74) is 11.5. The molecule has 0 amide bonds. The van der Waals surface area contributed by atoms with Crippen molar-refractivity contribution in [3.05, 3.63) is 23.5 Å². The lowest BCUT2D eigenvalue weighted by Crippen LogP contribution is -2.09. The van der Waals surface area contributed by atoms with E-state index in [0.717, 1.165) is 0 Å². The van der Waals surface area contributed by atoms with Crippen molar-refractivity contribution in [2.45, 2.75) is 13.8 Å². The molecular formula is C12H20N2O4S. The van der Waals surface area contributed by atoms with Crippen molar-refractivity contribution < 1.29 is 19.1 Å². The summed E-state index contributed by atoms with van der Waals surface area (Å²) in [5.74, 6) is 0.366. The summed E-state index contributed by atoms with van der Waals surface area (Å²) in [7, 11) is 0. The molecule has 0 saturated carbocycles. The first-order valence-corrected chi connectivity index (χ1v) is 6.86. The molecule has 0 saturated heterocycles. The highest BCUT2D eigenvalue weighted by Gasteiger charge is 2.00. The van der Waals surface area contributed by atoms with Gasteiger partial charge in [-0.05, 0) is 13.8 Å². The fraction of sp³-hybridized carbons (Fsp3) is 0.500. The molecular weight excluding hydrogens is 268 g/mol. The number of hydrogen-bond donors (Lipinski definition) is 2. The van der Waals surface area contributed by atoms with Crippen LogP contribution in [0.2, 0.25) is 0 Å². The van der Waals surface area contributed by atoms with Crippen LogP contribution in [0.15, 0.2) is 23.5 Å². The summed E-state index contributed by atoms with van der Waals surface area (Å²) in [5, 5.41) is 0. The highest BCUT2D eigenvalue weighted by Crippen LogP contribution is 2.00. The SMILES string of the molecule is CC(N)=CC(=O)OCCSCCOC(=O)C=C(C)N. The third-order valence-electron chi connectivity index (χ3n) is 1.64. The van der Waals surface area contributed by atoms with Crippen molar-refractivity contribution in [3.8, 4) is 0 Å². The number of nitrogens with two attached hydrogens (primary N) is 2. The Morgan fingerprint density at radius 2 is 1.32 bits per heavy atom. The fourth-order valence-corrected chi connectivity index (χ4v) is 1.57. The van der Waals surface area contributed by atoms with Gasteiger partial charge in [0.15, 0.2) is 0 Å². The van der Waals surface area contributed by atoms with E-state index in [1.54, 1.807) is 13.8 Å². The number of hydrogen-bond acceptors (Lipinski definition) is 7. The number of thioether (sulfide) groups is 1. The van der Waals surface area contributed by atoms with E-state index in [0.29, 0.717) is 36.1 Å². The summed E-state index contributed by atoms with van der Waals surface area (Å²) in [6, 6.07) is 0. The van der Waals surface area contributed by atoms with Gasteiger partial charge in [0.05, 0.1) is 0 Å². The van der Waals surface area contributed by atoms with Crippen molar-refractivity contribution in [3.63, 3.8) is 0 Å². The average molecular weight is 288 g/mol. The molecule has 0 radical (unpaired) electrons. The zero-order valence-corrected chi connectivity index (χ0v) is 12.0. The summed E-state index contributed by atoms with van der Waals surface area (Å²) in [6.07, 6.45) is 2.46. The monoisotopic (exact) mass is 288 g/mol. The van der Waals surface area contributed by atoms with Gasteiger partial charge in [-0.15, -0.1) is 0 Å². The lowest BCUT2D eigenvalue weighted by molar-refractivity contribution is -0.137. The maximum absolute atomic E-state index is 11.1. The van der Waals surface area contributed by atoms with Crippen LogP contribution in [-0.4, -0.2) is 36.7 Å². The maximum Gasteiger partial charge on any atom is 0.332 e. The Morgan fingerprint density at radius 1 is 0.947 bits per heavy atom. The van der Waals surface area contributed by atoms with Crippen molar-refractivity contribution in [2.24, 2.45) is 11.5 Å². The summed E-state index contributed by atoms with van der Waals surface area (Å²) < 4.78 is 9.77. The molecule has 0 aromatic carbocycles. The van der Waals surface area contributed by atoms with Gasteiger partial charge in [-0.25, -0.2) is 9.59 Å². The van der Waals surface area contributed by atoms with Gasteiger partial charge in [0, 0.05) is 35.1 Å². The Morgan fingerprint density at radius 3 is 1.63 bits per heavy atom. The molecule has 19 heavy (non-hydrogen) atoms. The zero-order chi connectivity index (χ0) is 14.7. The first-order chi connectivity index (χ1) is 8.91. The van der Waals surface area contributed by atoms with Gasteiger partial charge in [0.25, 0.3) is 0 Å². The van der Waals surface area contributed by atoms with Gasteiger partial charge in [0.2, 0.25) is 0 Å². The van der Waals surface area contributed by atoms with Crippen LogP contribution in [-0.2, 0) is 19.1 Å². The van der Waals surface area contributed by atoms with Crippen LogP contribution in [0.5, 0.6) is 0 Å². The summed E-state index contributed by atoms with van der Waals surface area (Å²) in [4.78, 5) is 22.1. The standard InChI is InChI=1S/C12H20N2O4S/c1-9(13)7-11(15)17-3-5-19-6-4-18-12(16)8-10(2)14/h7-8H,3-6,13-14H2,1-2H3. The minimum atomic E-state index is -0.449. The van der Waals surface area contributed by atoms with Crippen LogP contribution in [0.1, 0.15) is 13.8 Å². The molecule has 0 aliphatic heterocycles. The third kappa shape index (κ3) is 12.6. The average Bonchev–Trinajstić information content (AvgIpc) is 2.25. The van der Waals surface area contributed by atoms with Gasteiger partial charge in [-0.3, -0.25) is 0 Å². The molecule has 0 aromatic heterocycles. The third-order valence-corrected chi connectivity index (χ3v) is 2.55. The molecule has 6 nitrogen and oxygen atoms in total. The maximum atomic E-state index is 11.1. The van der Waals surface area contributed by atoms with Gasteiger partial charge in [-0.2, -0.15) is 11.8 Å². The van der Waals surface area contributed by atoms with Gasteiger partial charge in [-0.1, -0.05) is 0 Å². The minimum absolute atomic E-state index is 0.295. The largest absolute Gasteiger partial charge is 0.462 e. The number of ether oxygens (including phenoxy) is 2. The Labute approximate surface area is 117 Å². The molecule has 0 aliphatic rings. The zero-order valence-electron chi connectivity index (χ0n) is 11.2. The topological polar surface area (TPSA) is 105 Å². The lowest BCUT2D eigenvalue weighted by Gasteiger charge is -2.03. The Bertz CT molecular complexity index is 325. The molecule has 0 unspecified atom stereocenters. The van der Waals surface area contributed by atoms with Crippen molar-refractivity contribution in [1.29, 1.82) is 0 Å². The molecule has 0 fully saturated rings. The predicted molar refractivity (Wildman–Crippen MR) is 75.1 cm³/mol. The molecule has 0 aromatic rings. The molecule has 0 rings (SSSR count). The van der Waals surface area contributed by atoms with E-state index >= 15 is 0 Å². The van der Waals surface area contributed by atoms with Crippen molar-refractivity contribution >= 4 is 23.7 Å². The van der Waals surface area contributed by atoms with Crippen LogP contribution < -0.4 is 11.5 Å². The highest BCUT2D eigenvalue weighted by molar-refractivity contribution is 7.99. The highest BCUT2D eigenvalue weighted by atomic mass is 32.2. The van der Waals surface area contributed by atoms with E-state index < -0.39 is 11.9 Å². The fourth-order valence-electron chi connectivity index (χ4n) is 0.960. The van der Waals surface area contributed by atoms with Crippen molar-refractivity contribution in [1.82, 2.24) is 0 Å². The van der Waals surface area contributed by atoms with Crippen LogP contribution >= 0.6 is 11.8 Å². The molecule has 0 spiro atoms. The molecule has 4 N–H and O–H groups in total. The van der Waals surface area contributed by atoms with Crippen molar-refractivity contribution in [2.75, 3.05) is 24.7 Å². The molecule has 108 valence electrons. The van der Waals surface area contributed by atoms with E-state index in [4.69, 9.17) is 20.9 Å². The normalized spacial score (nSPS) is 12.1. The molecule has 7 heteroatoms. The van der Waals surface area contributed by atoms with Crippen LogP contribution in [0.3, 0.4) is 0 Å². The molecule has 0 heterocycles. The first-order valence-electron chi connectivity index (χ1n) is 5.70. The summed E-state index contributed by atoms with van der Waals surface area (Å²) >= 11 is 1.52. The number of rotatable bonds is 8. The number of carbonyl (C=O) groups excluding carboxylic acids is 2. The number of allylic oxidation sites excluding steroid dienone is 2. The smallest absolute Gasteiger partial charge is 0.332 e. The van der Waals surface area contributed by atoms with E-state index in [2.05, 4.69) is 0 Å². The van der Waals surface area contributed by atoms with E-state index in [1.165, 1.54) is 23.9 Å². The van der Waals surface area contributed by atoms with Gasteiger partial charge < -0.3 is 20.9 Å². The summed E-state index contributed by atoms with van der Waals surface area (Å²) in [6.45, 7) is 3.82. The molecule has 0 aliphatic carbocycles. The van der Waals surface area contributed by atoms with E-state index in [1.807, 2.05) is 0 Å². The van der Waals surface area contributed by atoms with E-state index in [9.17, 15) is 9.59 Å². The predicted octanol–water partition coefficient (Wildman–Crippen LogP) is 0.531. The Balaban J connectivity index is 3.47. The minimum Gasteiger partial charge on any atom is -0.462 e.